The van der Waals surface area contributed by atoms with Crippen LogP contribution in [-0.2, 0) is 0 Å². The van der Waals surface area contributed by atoms with Crippen molar-refractivity contribution < 1.29 is 14.1 Å². The molecule has 0 aliphatic rings. The number of hydrogen-bond donors (Lipinski definition) is 1. The first-order chi connectivity index (χ1) is 13.5. The number of benzene rings is 2. The van der Waals surface area contributed by atoms with Gasteiger partial charge in [0.2, 0.25) is 11.7 Å². The van der Waals surface area contributed by atoms with Gasteiger partial charge in [-0.2, -0.15) is 4.98 Å². The molecule has 1 amide bonds. The van der Waals surface area contributed by atoms with E-state index in [9.17, 15) is 4.79 Å². The van der Waals surface area contributed by atoms with E-state index < -0.39 is 6.04 Å². The first kappa shape index (κ1) is 19.9. The maximum absolute atomic E-state index is 12.7. The number of halogens is 1. The molecule has 6 nitrogen and oxygen atoms in total. The highest BCUT2D eigenvalue weighted by Crippen LogP contribution is 2.27. The molecule has 1 N–H and O–H groups in total. The summed E-state index contributed by atoms with van der Waals surface area (Å²) in [6.07, 6.45) is 0.827. The zero-order valence-corrected chi connectivity index (χ0v) is 16.7. The number of aromatic nitrogens is 2. The fraction of sp³-hybridized carbons (Fsp3) is 0.286. The van der Waals surface area contributed by atoms with Crippen molar-refractivity contribution in [2.24, 2.45) is 5.92 Å². The SMILES string of the molecule is CC[C@H](C)[C@H](NC(=O)c1ccccc1Cl)c1nc(-c2ccc(OC)cc2)no1. The van der Waals surface area contributed by atoms with Crippen LogP contribution in [0.25, 0.3) is 11.4 Å². The molecule has 0 aliphatic heterocycles. The van der Waals surface area contributed by atoms with Crippen molar-refractivity contribution in [3.63, 3.8) is 0 Å². The Kier molecular flexibility index (Phi) is 6.31. The normalized spacial score (nSPS) is 13.0. The molecule has 28 heavy (non-hydrogen) atoms. The first-order valence-corrected chi connectivity index (χ1v) is 9.44. The fourth-order valence-electron chi connectivity index (χ4n) is 2.77. The minimum Gasteiger partial charge on any atom is -0.497 e. The predicted octanol–water partition coefficient (Wildman–Crippen LogP) is 4.92. The lowest BCUT2D eigenvalue weighted by molar-refractivity contribution is 0.0910. The van der Waals surface area contributed by atoms with Crippen molar-refractivity contribution in [2.75, 3.05) is 7.11 Å². The fourth-order valence-corrected chi connectivity index (χ4v) is 2.99. The number of carbonyl (C=O) groups excluding carboxylic acids is 1. The number of rotatable bonds is 7. The molecular weight excluding hydrogens is 378 g/mol. The molecule has 0 saturated carbocycles. The van der Waals surface area contributed by atoms with Crippen LogP contribution in [0.1, 0.15) is 42.6 Å². The third-order valence-electron chi connectivity index (χ3n) is 4.67. The molecule has 2 atom stereocenters. The molecule has 0 aliphatic carbocycles. The number of methoxy groups -OCH3 is 1. The van der Waals surface area contributed by atoms with Crippen LogP contribution < -0.4 is 10.1 Å². The zero-order chi connectivity index (χ0) is 20.1. The molecule has 0 unspecified atom stereocenters. The molecule has 0 saturated heterocycles. The van der Waals surface area contributed by atoms with Crippen molar-refractivity contribution in [2.45, 2.75) is 26.3 Å². The largest absolute Gasteiger partial charge is 0.497 e. The average molecular weight is 400 g/mol. The summed E-state index contributed by atoms with van der Waals surface area (Å²) in [4.78, 5) is 17.2. The summed E-state index contributed by atoms with van der Waals surface area (Å²) < 4.78 is 10.7. The highest BCUT2D eigenvalue weighted by molar-refractivity contribution is 6.33. The smallest absolute Gasteiger partial charge is 0.253 e. The minimum atomic E-state index is -0.423. The lowest BCUT2D eigenvalue weighted by Gasteiger charge is -2.21. The standard InChI is InChI=1S/C21H22ClN3O3/c1-4-13(2)18(23-20(26)16-7-5-6-8-17(16)22)21-24-19(25-28-21)14-9-11-15(27-3)12-10-14/h5-13,18H,4H2,1-3H3,(H,23,26)/t13-,18-/m0/s1. The van der Waals surface area contributed by atoms with E-state index >= 15 is 0 Å². The van der Waals surface area contributed by atoms with Gasteiger partial charge in [0.1, 0.15) is 11.8 Å². The Morgan fingerprint density at radius 2 is 1.93 bits per heavy atom. The van der Waals surface area contributed by atoms with E-state index in [-0.39, 0.29) is 11.8 Å². The summed E-state index contributed by atoms with van der Waals surface area (Å²) in [7, 11) is 1.61. The number of carbonyl (C=O) groups is 1. The molecule has 1 aromatic heterocycles. The second-order valence-electron chi connectivity index (χ2n) is 6.50. The van der Waals surface area contributed by atoms with Crippen molar-refractivity contribution in [3.8, 4) is 17.1 Å². The second kappa shape index (κ2) is 8.89. The van der Waals surface area contributed by atoms with E-state index in [2.05, 4.69) is 15.5 Å². The van der Waals surface area contributed by atoms with Crippen molar-refractivity contribution in [1.82, 2.24) is 15.5 Å². The van der Waals surface area contributed by atoms with Gasteiger partial charge in [-0.3, -0.25) is 4.79 Å². The Hall–Kier alpha value is -2.86. The lowest BCUT2D eigenvalue weighted by Crippen LogP contribution is -2.33. The van der Waals surface area contributed by atoms with Gasteiger partial charge < -0.3 is 14.6 Å². The monoisotopic (exact) mass is 399 g/mol. The Balaban J connectivity index is 1.85. The first-order valence-electron chi connectivity index (χ1n) is 9.07. The van der Waals surface area contributed by atoms with Crippen molar-refractivity contribution in [3.05, 3.63) is 65.0 Å². The third kappa shape index (κ3) is 4.34. The van der Waals surface area contributed by atoms with E-state index in [1.807, 2.05) is 38.1 Å². The van der Waals surface area contributed by atoms with Crippen molar-refractivity contribution >= 4 is 17.5 Å². The average Bonchev–Trinajstić information content (AvgIpc) is 3.21. The molecule has 3 rings (SSSR count). The summed E-state index contributed by atoms with van der Waals surface area (Å²) in [6.45, 7) is 4.06. The Morgan fingerprint density at radius 1 is 1.21 bits per heavy atom. The van der Waals surface area contributed by atoms with Gasteiger partial charge >= 0.3 is 0 Å². The highest BCUT2D eigenvalue weighted by atomic mass is 35.5. The third-order valence-corrected chi connectivity index (χ3v) is 5.00. The Bertz CT molecular complexity index is 940. The topological polar surface area (TPSA) is 77.2 Å². The van der Waals surface area contributed by atoms with Crippen LogP contribution in [0.2, 0.25) is 5.02 Å². The summed E-state index contributed by atoms with van der Waals surface area (Å²) >= 11 is 6.15. The van der Waals surface area contributed by atoms with Crippen LogP contribution >= 0.6 is 11.6 Å². The van der Waals surface area contributed by atoms with E-state index in [4.69, 9.17) is 20.9 Å². The lowest BCUT2D eigenvalue weighted by atomic mass is 9.98. The van der Waals surface area contributed by atoms with Gasteiger partial charge in [-0.15, -0.1) is 0 Å². The van der Waals surface area contributed by atoms with Crippen molar-refractivity contribution in [1.29, 1.82) is 0 Å². The van der Waals surface area contributed by atoms with Gasteiger partial charge in [-0.25, -0.2) is 0 Å². The molecule has 0 spiro atoms. The van der Waals surface area contributed by atoms with Gasteiger partial charge in [0, 0.05) is 5.56 Å². The Morgan fingerprint density at radius 3 is 2.57 bits per heavy atom. The summed E-state index contributed by atoms with van der Waals surface area (Å²) in [5, 5.41) is 7.45. The highest BCUT2D eigenvalue weighted by Gasteiger charge is 2.27. The quantitative estimate of drug-likeness (QED) is 0.610. The number of nitrogens with zero attached hydrogens (tertiary/aromatic N) is 2. The van der Waals surface area contributed by atoms with Crippen LogP contribution in [0, 0.1) is 5.92 Å². The molecule has 0 bridgehead atoms. The maximum atomic E-state index is 12.7. The van der Waals surface area contributed by atoms with Gasteiger partial charge in [0.25, 0.3) is 5.91 Å². The maximum Gasteiger partial charge on any atom is 0.253 e. The van der Waals surface area contributed by atoms with Gasteiger partial charge in [0.15, 0.2) is 0 Å². The second-order valence-corrected chi connectivity index (χ2v) is 6.91. The molecule has 2 aromatic carbocycles. The summed E-state index contributed by atoms with van der Waals surface area (Å²) in [6, 6.07) is 13.9. The number of ether oxygens (including phenoxy) is 1. The van der Waals surface area contributed by atoms with Gasteiger partial charge in [-0.1, -0.05) is 49.2 Å². The van der Waals surface area contributed by atoms with Crippen LogP contribution in [0.5, 0.6) is 5.75 Å². The molecule has 0 fully saturated rings. The molecule has 1 heterocycles. The Labute approximate surface area is 168 Å². The van der Waals surface area contributed by atoms with Crippen LogP contribution in [0.3, 0.4) is 0 Å². The molecule has 0 radical (unpaired) electrons. The van der Waals surface area contributed by atoms with Crippen LogP contribution in [-0.4, -0.2) is 23.2 Å². The van der Waals surface area contributed by atoms with Crippen LogP contribution in [0.4, 0.5) is 0 Å². The predicted molar refractivity (Wildman–Crippen MR) is 107 cm³/mol. The number of hydrogen-bond acceptors (Lipinski definition) is 5. The number of amides is 1. The van der Waals surface area contributed by atoms with E-state index in [0.717, 1.165) is 17.7 Å². The molecule has 7 heteroatoms. The van der Waals surface area contributed by atoms with E-state index in [1.54, 1.807) is 31.4 Å². The molecule has 3 aromatic rings. The van der Waals surface area contributed by atoms with Gasteiger partial charge in [0.05, 0.1) is 17.7 Å². The van der Waals surface area contributed by atoms with E-state index in [0.29, 0.717) is 22.3 Å². The molecule has 146 valence electrons. The number of nitrogens with one attached hydrogen (secondary N) is 1. The summed E-state index contributed by atoms with van der Waals surface area (Å²) in [5.41, 5.74) is 1.21. The zero-order valence-electron chi connectivity index (χ0n) is 16.0. The van der Waals surface area contributed by atoms with Crippen LogP contribution in [0.15, 0.2) is 53.1 Å². The summed E-state index contributed by atoms with van der Waals surface area (Å²) in [5.74, 6) is 1.38. The van der Waals surface area contributed by atoms with E-state index in [1.165, 1.54) is 0 Å². The minimum absolute atomic E-state index is 0.0932. The molecular formula is C21H22ClN3O3. The van der Waals surface area contributed by atoms with Gasteiger partial charge in [-0.05, 0) is 42.3 Å².